The van der Waals surface area contributed by atoms with Crippen molar-refractivity contribution in [2.45, 2.75) is 20.3 Å². The molecule has 0 saturated carbocycles. The lowest BCUT2D eigenvalue weighted by atomic mass is 10.1. The summed E-state index contributed by atoms with van der Waals surface area (Å²) in [5.41, 5.74) is 8.07. The van der Waals surface area contributed by atoms with Crippen LogP contribution in [0.3, 0.4) is 0 Å². The smallest absolute Gasteiger partial charge is 0.224 e. The van der Waals surface area contributed by atoms with Crippen LogP contribution < -0.4 is 5.32 Å². The van der Waals surface area contributed by atoms with Crippen LogP contribution in [-0.2, 0) is 4.79 Å². The first kappa shape index (κ1) is 21.7. The van der Waals surface area contributed by atoms with Crippen molar-refractivity contribution < 1.29 is 9.21 Å². The number of amides is 1. The highest BCUT2D eigenvalue weighted by atomic mass is 16.3. The summed E-state index contributed by atoms with van der Waals surface area (Å²) in [6.07, 6.45) is 10.8. The second kappa shape index (κ2) is 8.77. The molecule has 178 valence electrons. The van der Waals surface area contributed by atoms with Gasteiger partial charge in [-0.05, 0) is 36.2 Å². The van der Waals surface area contributed by atoms with Crippen LogP contribution in [-0.4, -0.2) is 36.0 Å². The van der Waals surface area contributed by atoms with Gasteiger partial charge in [0.15, 0.2) is 0 Å². The minimum absolute atomic E-state index is 0.0347. The Labute approximate surface area is 206 Å². The Hall–Kier alpha value is -4.79. The van der Waals surface area contributed by atoms with E-state index in [9.17, 15) is 4.79 Å². The fourth-order valence-corrected chi connectivity index (χ4v) is 4.31. The molecule has 0 aliphatic heterocycles. The molecule has 1 amide bonds. The number of pyridine rings is 3. The Morgan fingerprint density at radius 3 is 2.75 bits per heavy atom. The van der Waals surface area contributed by atoms with E-state index in [0.717, 1.165) is 50.0 Å². The molecule has 0 aromatic carbocycles. The van der Waals surface area contributed by atoms with E-state index in [2.05, 4.69) is 36.5 Å². The second-order valence-corrected chi connectivity index (χ2v) is 9.12. The minimum atomic E-state index is -0.0347. The zero-order chi connectivity index (χ0) is 24.6. The quantitative estimate of drug-likeness (QED) is 0.278. The van der Waals surface area contributed by atoms with Crippen LogP contribution in [0.4, 0.5) is 5.69 Å². The van der Waals surface area contributed by atoms with Crippen molar-refractivity contribution in [1.29, 1.82) is 0 Å². The molecule has 0 bridgehead atoms. The van der Waals surface area contributed by atoms with Gasteiger partial charge in [-0.3, -0.25) is 19.9 Å². The fourth-order valence-electron chi connectivity index (χ4n) is 4.31. The molecule has 9 heteroatoms. The van der Waals surface area contributed by atoms with Crippen LogP contribution in [0.5, 0.6) is 0 Å². The van der Waals surface area contributed by atoms with Crippen molar-refractivity contribution in [2.75, 3.05) is 5.32 Å². The summed E-state index contributed by atoms with van der Waals surface area (Å²) in [6.45, 7) is 4.02. The predicted molar refractivity (Wildman–Crippen MR) is 138 cm³/mol. The molecule has 0 radical (unpaired) electrons. The molecule has 6 aromatic rings. The van der Waals surface area contributed by atoms with Crippen LogP contribution in [0.1, 0.15) is 20.3 Å². The topological polar surface area (TPSA) is 125 Å². The molecule has 9 nitrogen and oxygen atoms in total. The zero-order valence-corrected chi connectivity index (χ0v) is 19.7. The van der Waals surface area contributed by atoms with Crippen molar-refractivity contribution >= 4 is 33.5 Å². The van der Waals surface area contributed by atoms with Gasteiger partial charge < -0.3 is 14.7 Å². The summed E-state index contributed by atoms with van der Waals surface area (Å²) in [5.74, 6) is 0.244. The van der Waals surface area contributed by atoms with E-state index >= 15 is 0 Å². The van der Waals surface area contributed by atoms with Crippen molar-refractivity contribution in [3.8, 4) is 33.8 Å². The number of rotatable bonds is 6. The van der Waals surface area contributed by atoms with Crippen LogP contribution >= 0.6 is 0 Å². The maximum atomic E-state index is 12.2. The maximum absolute atomic E-state index is 12.2. The third-order valence-corrected chi connectivity index (χ3v) is 5.95. The molecular formula is C27H23N7O2. The van der Waals surface area contributed by atoms with Crippen molar-refractivity contribution in [1.82, 2.24) is 30.1 Å². The lowest BCUT2D eigenvalue weighted by Crippen LogP contribution is -2.13. The first-order chi connectivity index (χ1) is 17.5. The Morgan fingerprint density at radius 1 is 1.03 bits per heavy atom. The number of nitrogens with one attached hydrogen (secondary N) is 3. The van der Waals surface area contributed by atoms with Gasteiger partial charge in [0.2, 0.25) is 5.91 Å². The average molecular weight is 478 g/mol. The van der Waals surface area contributed by atoms with Gasteiger partial charge in [-0.25, -0.2) is 4.98 Å². The summed E-state index contributed by atoms with van der Waals surface area (Å²) in [4.78, 5) is 29.2. The molecule has 0 fully saturated rings. The van der Waals surface area contributed by atoms with E-state index in [1.165, 1.54) is 0 Å². The fraction of sp³-hybridized carbons (Fsp3) is 0.148. The lowest BCUT2D eigenvalue weighted by molar-refractivity contribution is -0.116. The number of H-pyrrole nitrogens is 2. The van der Waals surface area contributed by atoms with E-state index < -0.39 is 0 Å². The molecule has 0 aliphatic rings. The zero-order valence-electron chi connectivity index (χ0n) is 19.7. The van der Waals surface area contributed by atoms with Gasteiger partial charge in [-0.1, -0.05) is 13.8 Å². The Bertz CT molecular complexity index is 1700. The summed E-state index contributed by atoms with van der Waals surface area (Å²) < 4.78 is 5.26. The van der Waals surface area contributed by atoms with Crippen molar-refractivity contribution in [3.05, 3.63) is 67.6 Å². The molecule has 36 heavy (non-hydrogen) atoms. The molecule has 0 atom stereocenters. The van der Waals surface area contributed by atoms with Gasteiger partial charge in [0.1, 0.15) is 11.2 Å². The lowest BCUT2D eigenvalue weighted by Gasteiger charge is -2.08. The van der Waals surface area contributed by atoms with E-state index in [1.54, 1.807) is 31.1 Å². The molecule has 3 N–H and O–H groups in total. The molecule has 0 spiro atoms. The Kier molecular flexibility index (Phi) is 5.29. The Balaban J connectivity index is 1.38. The molecule has 0 unspecified atom stereocenters. The monoisotopic (exact) mass is 477 g/mol. The average Bonchev–Trinajstić information content (AvgIpc) is 3.62. The largest absolute Gasteiger partial charge is 0.472 e. The summed E-state index contributed by atoms with van der Waals surface area (Å²) in [7, 11) is 0. The highest BCUT2D eigenvalue weighted by Crippen LogP contribution is 2.34. The standard InChI is InChI=1S/C27H23N7O2/c1-15(2)7-25(35)30-18-8-17(10-28-11-18)21-3-4-22-26(32-21)27(34-33-22)23-9-19-20(16-5-6-36-14-16)12-29-13-24(19)31-23/h3-6,8-15,31H,7H2,1-2H3,(H,30,35)(H,33,34). The van der Waals surface area contributed by atoms with Gasteiger partial charge in [0.05, 0.1) is 53.0 Å². The number of aromatic nitrogens is 6. The normalized spacial score (nSPS) is 11.5. The van der Waals surface area contributed by atoms with Gasteiger partial charge in [-0.2, -0.15) is 5.10 Å². The number of hydrogen-bond donors (Lipinski definition) is 3. The third-order valence-electron chi connectivity index (χ3n) is 5.95. The number of anilines is 1. The van der Waals surface area contributed by atoms with Crippen molar-refractivity contribution in [2.24, 2.45) is 5.92 Å². The number of hydrogen-bond acceptors (Lipinski definition) is 6. The van der Waals surface area contributed by atoms with Gasteiger partial charge >= 0.3 is 0 Å². The molecule has 6 rings (SSSR count). The van der Waals surface area contributed by atoms with E-state index in [-0.39, 0.29) is 11.8 Å². The third kappa shape index (κ3) is 4.00. The van der Waals surface area contributed by atoms with Crippen LogP contribution in [0, 0.1) is 5.92 Å². The van der Waals surface area contributed by atoms with Crippen LogP contribution in [0.2, 0.25) is 0 Å². The SMILES string of the molecule is CC(C)CC(=O)Nc1cncc(-c2ccc3[nH]nc(-c4cc5c(-c6ccoc6)cncc5[nH]4)c3n2)c1. The van der Waals surface area contributed by atoms with E-state index in [0.29, 0.717) is 17.8 Å². The molecule has 0 saturated heterocycles. The highest BCUT2D eigenvalue weighted by molar-refractivity contribution is 6.00. The van der Waals surface area contributed by atoms with E-state index in [1.807, 2.05) is 44.3 Å². The number of aromatic amines is 2. The summed E-state index contributed by atoms with van der Waals surface area (Å²) >= 11 is 0. The molecular weight excluding hydrogens is 454 g/mol. The highest BCUT2D eigenvalue weighted by Gasteiger charge is 2.16. The number of carbonyl (C=O) groups is 1. The number of nitrogens with zero attached hydrogens (tertiary/aromatic N) is 4. The van der Waals surface area contributed by atoms with Crippen LogP contribution in [0.15, 0.2) is 72.1 Å². The molecule has 0 aliphatic carbocycles. The van der Waals surface area contributed by atoms with Crippen LogP contribution in [0.25, 0.3) is 55.7 Å². The summed E-state index contributed by atoms with van der Waals surface area (Å²) in [6, 6.07) is 9.70. The number of furan rings is 1. The van der Waals surface area contributed by atoms with Gasteiger partial charge in [0.25, 0.3) is 0 Å². The number of fused-ring (bicyclic) bond motifs is 2. The second-order valence-electron chi connectivity index (χ2n) is 9.12. The minimum Gasteiger partial charge on any atom is -0.472 e. The first-order valence-electron chi connectivity index (χ1n) is 11.7. The number of carbonyl (C=O) groups excluding carboxylic acids is 1. The molecule has 6 heterocycles. The molecule has 6 aromatic heterocycles. The van der Waals surface area contributed by atoms with Crippen molar-refractivity contribution in [3.63, 3.8) is 0 Å². The van der Waals surface area contributed by atoms with Gasteiger partial charge in [-0.15, -0.1) is 0 Å². The summed E-state index contributed by atoms with van der Waals surface area (Å²) in [5, 5.41) is 11.5. The first-order valence-corrected chi connectivity index (χ1v) is 11.7. The Morgan fingerprint density at radius 2 is 1.92 bits per heavy atom. The van der Waals surface area contributed by atoms with E-state index in [4.69, 9.17) is 9.40 Å². The maximum Gasteiger partial charge on any atom is 0.224 e. The predicted octanol–water partition coefficient (Wildman–Crippen LogP) is 5.81. The van der Waals surface area contributed by atoms with Gasteiger partial charge in [0, 0.05) is 40.9 Å².